The van der Waals surface area contributed by atoms with Crippen LogP contribution >= 0.6 is 0 Å². The van der Waals surface area contributed by atoms with Crippen LogP contribution in [-0.4, -0.2) is 21.9 Å². The van der Waals surface area contributed by atoms with Gasteiger partial charge in [0.15, 0.2) is 0 Å². The normalized spacial score (nSPS) is 15.1. The van der Waals surface area contributed by atoms with Gasteiger partial charge in [-0.3, -0.25) is 9.78 Å². The van der Waals surface area contributed by atoms with Crippen molar-refractivity contribution in [3.05, 3.63) is 35.8 Å². The van der Waals surface area contributed by atoms with E-state index in [-0.39, 0.29) is 11.9 Å². The molecule has 3 rings (SSSR count). The van der Waals surface area contributed by atoms with Crippen molar-refractivity contribution in [3.63, 3.8) is 0 Å². The zero-order valence-electron chi connectivity index (χ0n) is 12.7. The molecule has 1 aliphatic rings. The number of pyridine rings is 1. The van der Waals surface area contributed by atoms with E-state index in [0.717, 1.165) is 22.6 Å². The van der Waals surface area contributed by atoms with Gasteiger partial charge in [-0.1, -0.05) is 0 Å². The van der Waals surface area contributed by atoms with E-state index in [0.29, 0.717) is 5.69 Å². The molecule has 2 aromatic heterocycles. The molecule has 0 aliphatic carbocycles. The fourth-order valence-electron chi connectivity index (χ4n) is 2.60. The number of H-pyrrole nitrogens is 1. The number of rotatable bonds is 2. The monoisotopic (exact) mass is 285 g/mol. The molecule has 5 heteroatoms. The quantitative estimate of drug-likeness (QED) is 0.891. The van der Waals surface area contributed by atoms with Gasteiger partial charge in [-0.05, 0) is 39.8 Å². The van der Waals surface area contributed by atoms with E-state index in [1.54, 1.807) is 12.4 Å². The minimum absolute atomic E-state index is 0.0959. The predicted octanol–water partition coefficient (Wildman–Crippen LogP) is 2.84. The zero-order valence-corrected chi connectivity index (χ0v) is 12.7. The Morgan fingerprint density at radius 1 is 1.43 bits per heavy atom. The highest BCUT2D eigenvalue weighted by atomic mass is 16.5. The van der Waals surface area contributed by atoms with E-state index in [2.05, 4.69) is 15.3 Å². The van der Waals surface area contributed by atoms with Gasteiger partial charge in [-0.2, -0.15) is 0 Å². The molecule has 0 radical (unpaired) electrons. The van der Waals surface area contributed by atoms with E-state index in [1.165, 1.54) is 0 Å². The number of fused-ring (bicyclic) bond motifs is 3. The number of hydrogen-bond donors (Lipinski definition) is 2. The van der Waals surface area contributed by atoms with E-state index in [9.17, 15) is 4.79 Å². The maximum absolute atomic E-state index is 12.2. The van der Waals surface area contributed by atoms with Crippen LogP contribution in [0.15, 0.2) is 24.5 Å². The standard InChI is InChI=1S/C16H19N3O2/c1-9(2)18-15(20)12-7-11-14(19-12)10-5-6-17-8-13(10)21-16(11,3)4/h5-9,19H,1-4H3,(H,18,20). The molecule has 110 valence electrons. The van der Waals surface area contributed by atoms with Crippen LogP contribution in [0.4, 0.5) is 0 Å². The Kier molecular flexibility index (Phi) is 3.01. The van der Waals surface area contributed by atoms with Crippen LogP contribution in [0.2, 0.25) is 0 Å². The molecule has 0 fully saturated rings. The summed E-state index contributed by atoms with van der Waals surface area (Å²) in [7, 11) is 0. The van der Waals surface area contributed by atoms with Crippen molar-refractivity contribution in [1.29, 1.82) is 0 Å². The average Bonchev–Trinajstić information content (AvgIpc) is 2.84. The molecule has 1 amide bonds. The molecule has 0 saturated carbocycles. The number of amides is 1. The van der Waals surface area contributed by atoms with E-state index >= 15 is 0 Å². The summed E-state index contributed by atoms with van der Waals surface area (Å²) in [5.41, 5.74) is 2.89. The largest absolute Gasteiger partial charge is 0.481 e. The number of ether oxygens (including phenoxy) is 1. The number of aromatic amines is 1. The number of nitrogens with zero attached hydrogens (tertiary/aromatic N) is 1. The highest BCUT2D eigenvalue weighted by Gasteiger charge is 2.35. The Labute approximate surface area is 123 Å². The predicted molar refractivity (Wildman–Crippen MR) is 80.3 cm³/mol. The lowest BCUT2D eigenvalue weighted by Crippen LogP contribution is -2.30. The topological polar surface area (TPSA) is 67.0 Å². The summed E-state index contributed by atoms with van der Waals surface area (Å²) in [5, 5.41) is 2.90. The minimum atomic E-state index is -0.502. The Bertz CT molecular complexity index is 701. The second kappa shape index (κ2) is 4.62. The SMILES string of the molecule is CC(C)NC(=O)c1cc2c([nH]1)-c1ccncc1OC2(C)C. The summed E-state index contributed by atoms with van der Waals surface area (Å²) in [6.45, 7) is 7.85. The summed E-state index contributed by atoms with van der Waals surface area (Å²) in [5.74, 6) is 0.624. The van der Waals surface area contributed by atoms with Crippen LogP contribution < -0.4 is 10.1 Å². The van der Waals surface area contributed by atoms with Crippen molar-refractivity contribution < 1.29 is 9.53 Å². The van der Waals surface area contributed by atoms with Crippen LogP contribution in [-0.2, 0) is 5.60 Å². The highest BCUT2D eigenvalue weighted by molar-refractivity contribution is 5.94. The molecule has 1 aliphatic heterocycles. The maximum atomic E-state index is 12.2. The third-order valence-corrected chi connectivity index (χ3v) is 3.55. The van der Waals surface area contributed by atoms with Crippen LogP contribution in [0.3, 0.4) is 0 Å². The molecule has 0 saturated heterocycles. The first-order valence-corrected chi connectivity index (χ1v) is 7.06. The minimum Gasteiger partial charge on any atom is -0.481 e. The Hall–Kier alpha value is -2.30. The van der Waals surface area contributed by atoms with Crippen LogP contribution in [0.1, 0.15) is 43.7 Å². The van der Waals surface area contributed by atoms with Gasteiger partial charge in [-0.25, -0.2) is 0 Å². The summed E-state index contributed by atoms with van der Waals surface area (Å²) >= 11 is 0. The third-order valence-electron chi connectivity index (χ3n) is 3.55. The van der Waals surface area contributed by atoms with E-state index in [1.807, 2.05) is 39.8 Å². The van der Waals surface area contributed by atoms with E-state index < -0.39 is 5.60 Å². The second-order valence-corrected chi connectivity index (χ2v) is 6.08. The van der Waals surface area contributed by atoms with Gasteiger partial charge in [0.25, 0.3) is 5.91 Å². The van der Waals surface area contributed by atoms with Gasteiger partial charge in [0.05, 0.1) is 11.9 Å². The van der Waals surface area contributed by atoms with Gasteiger partial charge in [-0.15, -0.1) is 0 Å². The van der Waals surface area contributed by atoms with Gasteiger partial charge < -0.3 is 15.0 Å². The summed E-state index contributed by atoms with van der Waals surface area (Å²) in [6.07, 6.45) is 3.42. The maximum Gasteiger partial charge on any atom is 0.267 e. The highest BCUT2D eigenvalue weighted by Crippen LogP contribution is 2.44. The number of nitrogens with one attached hydrogen (secondary N) is 2. The first kappa shape index (κ1) is 13.7. The number of hydrogen-bond acceptors (Lipinski definition) is 3. The third kappa shape index (κ3) is 2.28. The molecule has 3 heterocycles. The van der Waals surface area contributed by atoms with E-state index in [4.69, 9.17) is 4.74 Å². The Morgan fingerprint density at radius 2 is 2.19 bits per heavy atom. The Balaban J connectivity index is 2.10. The number of aromatic nitrogens is 2. The Morgan fingerprint density at radius 3 is 2.90 bits per heavy atom. The zero-order chi connectivity index (χ0) is 15.2. The van der Waals surface area contributed by atoms with Crippen LogP contribution in [0.5, 0.6) is 5.75 Å². The molecule has 0 atom stereocenters. The van der Waals surface area contributed by atoms with Crippen molar-refractivity contribution in [2.45, 2.75) is 39.3 Å². The van der Waals surface area contributed by atoms with Gasteiger partial charge >= 0.3 is 0 Å². The number of carbonyl (C=O) groups excluding carboxylic acids is 1. The van der Waals surface area contributed by atoms with Crippen molar-refractivity contribution in [3.8, 4) is 17.0 Å². The molecule has 21 heavy (non-hydrogen) atoms. The van der Waals surface area contributed by atoms with Crippen molar-refractivity contribution in [2.75, 3.05) is 0 Å². The lowest BCUT2D eigenvalue weighted by atomic mass is 9.92. The van der Waals surface area contributed by atoms with Crippen molar-refractivity contribution >= 4 is 5.91 Å². The molecule has 5 nitrogen and oxygen atoms in total. The number of carbonyl (C=O) groups is 1. The summed E-state index contributed by atoms with van der Waals surface area (Å²) < 4.78 is 6.01. The molecule has 2 N–H and O–H groups in total. The van der Waals surface area contributed by atoms with Crippen LogP contribution in [0, 0.1) is 0 Å². The molecule has 0 unspecified atom stereocenters. The van der Waals surface area contributed by atoms with Gasteiger partial charge in [0, 0.05) is 23.4 Å². The first-order chi connectivity index (χ1) is 9.88. The van der Waals surface area contributed by atoms with Crippen molar-refractivity contribution in [2.24, 2.45) is 0 Å². The fraction of sp³-hybridized carbons (Fsp3) is 0.375. The summed E-state index contributed by atoms with van der Waals surface area (Å²) in [6, 6.07) is 3.86. The molecular weight excluding hydrogens is 266 g/mol. The molecule has 2 aromatic rings. The summed E-state index contributed by atoms with van der Waals surface area (Å²) in [4.78, 5) is 19.5. The van der Waals surface area contributed by atoms with Gasteiger partial charge in [0.1, 0.15) is 17.0 Å². The molecule has 0 aromatic carbocycles. The second-order valence-electron chi connectivity index (χ2n) is 6.08. The van der Waals surface area contributed by atoms with Crippen LogP contribution in [0.25, 0.3) is 11.3 Å². The molecule has 0 bridgehead atoms. The fourth-order valence-corrected chi connectivity index (χ4v) is 2.60. The molecule has 0 spiro atoms. The lowest BCUT2D eigenvalue weighted by molar-refractivity contribution is 0.0938. The first-order valence-electron chi connectivity index (χ1n) is 7.06. The van der Waals surface area contributed by atoms with Crippen molar-refractivity contribution in [1.82, 2.24) is 15.3 Å². The lowest BCUT2D eigenvalue weighted by Gasteiger charge is -2.32. The smallest absolute Gasteiger partial charge is 0.267 e. The molecular formula is C16H19N3O2. The van der Waals surface area contributed by atoms with Gasteiger partial charge in [0.2, 0.25) is 0 Å². The average molecular weight is 285 g/mol.